The van der Waals surface area contributed by atoms with Crippen molar-refractivity contribution in [1.82, 2.24) is 0 Å². The quantitative estimate of drug-likeness (QED) is 0.236. The molecule has 1 heterocycles. The van der Waals surface area contributed by atoms with Gasteiger partial charge in [-0.25, -0.2) is 0 Å². The number of carbonyl (C=O) groups is 2. The monoisotopic (exact) mass is 534 g/mol. The number of nitrogens with zero attached hydrogens (tertiary/aromatic N) is 2. The molecule has 0 spiro atoms. The molecule has 0 saturated heterocycles. The number of para-hydroxylation sites is 1. The van der Waals surface area contributed by atoms with Gasteiger partial charge in [-0.2, -0.15) is 0 Å². The van der Waals surface area contributed by atoms with Crippen LogP contribution in [-0.4, -0.2) is 47.4 Å². The van der Waals surface area contributed by atoms with Crippen molar-refractivity contribution < 1.29 is 29.6 Å². The van der Waals surface area contributed by atoms with Gasteiger partial charge in [0.2, 0.25) is 0 Å². The van der Waals surface area contributed by atoms with E-state index in [1.54, 1.807) is 12.1 Å². The highest BCUT2D eigenvalue weighted by Crippen LogP contribution is 2.50. The molecule has 0 atom stereocenters. The number of fused-ring (bicyclic) bond motifs is 2. The summed E-state index contributed by atoms with van der Waals surface area (Å²) in [6.45, 7) is 8.12. The molecule has 0 radical (unpaired) electrons. The zero-order valence-electron chi connectivity index (χ0n) is 23.3. The standard InChI is InChI=1S/C31H38N2O6/c1-20(2)9-6-10-21(3)11-7-12-22(4)15-16-32-25-17-23(34)18-27(36)30(25)33(19-28(37)39-5)29-24(31(32)38)13-8-14-26(29)35/h8-9,11,13-15,17-18,34-36H,6-7,10,12,16,19H2,1-5H3. The van der Waals surface area contributed by atoms with Crippen molar-refractivity contribution in [3.8, 4) is 17.2 Å². The average Bonchev–Trinajstić information content (AvgIpc) is 2.96. The van der Waals surface area contributed by atoms with E-state index in [4.69, 9.17) is 4.74 Å². The minimum Gasteiger partial charge on any atom is -0.508 e. The number of esters is 1. The van der Waals surface area contributed by atoms with Crippen LogP contribution >= 0.6 is 0 Å². The molecule has 2 aromatic rings. The lowest BCUT2D eigenvalue weighted by atomic mass is 10.1. The highest BCUT2D eigenvalue weighted by atomic mass is 16.5. The number of anilines is 3. The fourth-order valence-corrected chi connectivity index (χ4v) is 4.55. The van der Waals surface area contributed by atoms with Gasteiger partial charge in [0.25, 0.3) is 5.91 Å². The zero-order chi connectivity index (χ0) is 28.7. The molecule has 0 fully saturated rings. The molecule has 0 unspecified atom stereocenters. The lowest BCUT2D eigenvalue weighted by Crippen LogP contribution is -2.30. The molecule has 3 rings (SSSR count). The van der Waals surface area contributed by atoms with Crippen LogP contribution in [0.2, 0.25) is 0 Å². The van der Waals surface area contributed by atoms with Gasteiger partial charge in [-0.3, -0.25) is 9.59 Å². The van der Waals surface area contributed by atoms with Crippen LogP contribution in [0, 0.1) is 0 Å². The van der Waals surface area contributed by atoms with Crippen LogP contribution in [0.25, 0.3) is 0 Å². The number of rotatable bonds is 10. The molecule has 2 aromatic carbocycles. The minimum atomic E-state index is -0.636. The number of benzene rings is 2. The second-order valence-electron chi connectivity index (χ2n) is 10.0. The smallest absolute Gasteiger partial charge is 0.325 e. The van der Waals surface area contributed by atoms with E-state index < -0.39 is 11.9 Å². The Bertz CT molecular complexity index is 1320. The Labute approximate surface area is 230 Å². The van der Waals surface area contributed by atoms with Gasteiger partial charge < -0.3 is 29.9 Å². The molecule has 0 saturated carbocycles. The second kappa shape index (κ2) is 13.0. The third-order valence-electron chi connectivity index (χ3n) is 6.64. The predicted molar refractivity (Wildman–Crippen MR) is 154 cm³/mol. The fraction of sp³-hybridized carbons (Fsp3) is 0.355. The molecule has 1 amide bonds. The number of hydrogen-bond donors (Lipinski definition) is 3. The summed E-state index contributed by atoms with van der Waals surface area (Å²) >= 11 is 0. The number of amides is 1. The molecule has 0 bridgehead atoms. The lowest BCUT2D eigenvalue weighted by Gasteiger charge is -2.27. The van der Waals surface area contributed by atoms with Crippen LogP contribution in [0.4, 0.5) is 17.1 Å². The van der Waals surface area contributed by atoms with Crippen LogP contribution in [0.3, 0.4) is 0 Å². The SMILES string of the molecule is COC(=O)CN1c2c(O)cccc2C(=O)N(CC=C(C)CCC=C(C)CCC=C(C)C)c2cc(O)cc(O)c21. The van der Waals surface area contributed by atoms with Gasteiger partial charge in [-0.1, -0.05) is 41.0 Å². The first-order chi connectivity index (χ1) is 18.5. The molecule has 1 aliphatic heterocycles. The topological polar surface area (TPSA) is 111 Å². The highest BCUT2D eigenvalue weighted by Gasteiger charge is 2.35. The van der Waals surface area contributed by atoms with Crippen LogP contribution in [0.5, 0.6) is 17.2 Å². The molecule has 0 aliphatic carbocycles. The molecule has 39 heavy (non-hydrogen) atoms. The van der Waals surface area contributed by atoms with Crippen molar-refractivity contribution in [3.63, 3.8) is 0 Å². The number of methoxy groups -OCH3 is 1. The van der Waals surface area contributed by atoms with Gasteiger partial charge in [0.15, 0.2) is 0 Å². The van der Waals surface area contributed by atoms with E-state index in [9.17, 15) is 24.9 Å². The average molecular weight is 535 g/mol. The van der Waals surface area contributed by atoms with Crippen molar-refractivity contribution in [2.75, 3.05) is 30.0 Å². The predicted octanol–water partition coefficient (Wildman–Crippen LogP) is 6.49. The number of carbonyl (C=O) groups excluding carboxylic acids is 2. The van der Waals surface area contributed by atoms with Crippen LogP contribution in [0.1, 0.15) is 63.7 Å². The highest BCUT2D eigenvalue weighted by molar-refractivity contribution is 6.16. The molecule has 8 heteroatoms. The van der Waals surface area contributed by atoms with Gasteiger partial charge in [0.1, 0.15) is 29.5 Å². The number of allylic oxidation sites excluding steroid dienone is 5. The summed E-state index contributed by atoms with van der Waals surface area (Å²) in [4.78, 5) is 28.9. The number of phenols is 3. The first kappa shape index (κ1) is 29.4. The summed E-state index contributed by atoms with van der Waals surface area (Å²) in [5, 5.41) is 31.9. The second-order valence-corrected chi connectivity index (χ2v) is 10.0. The molecule has 3 N–H and O–H groups in total. The van der Waals surface area contributed by atoms with Gasteiger partial charge in [0.05, 0.1) is 24.0 Å². The molecule has 1 aliphatic rings. The Balaban J connectivity index is 1.95. The minimum absolute atomic E-state index is 0.0760. The summed E-state index contributed by atoms with van der Waals surface area (Å²) in [6.07, 6.45) is 10.1. The summed E-state index contributed by atoms with van der Waals surface area (Å²) in [5.41, 5.74) is 4.27. The number of hydrogen-bond acceptors (Lipinski definition) is 7. The van der Waals surface area contributed by atoms with Gasteiger partial charge in [0, 0.05) is 18.7 Å². The summed E-state index contributed by atoms with van der Waals surface area (Å²) in [5.74, 6) is -1.91. The van der Waals surface area contributed by atoms with Crippen molar-refractivity contribution in [2.45, 2.75) is 53.4 Å². The van der Waals surface area contributed by atoms with E-state index in [0.717, 1.165) is 37.3 Å². The summed E-state index contributed by atoms with van der Waals surface area (Å²) < 4.78 is 4.84. The molecular weight excluding hydrogens is 496 g/mol. The van der Waals surface area contributed by atoms with Crippen molar-refractivity contribution in [1.29, 1.82) is 0 Å². The van der Waals surface area contributed by atoms with Crippen LogP contribution < -0.4 is 9.80 Å². The normalized spacial score (nSPS) is 13.5. The molecule has 8 nitrogen and oxygen atoms in total. The molecular formula is C31H38N2O6. The van der Waals surface area contributed by atoms with Gasteiger partial charge in [-0.05, 0) is 65.5 Å². The van der Waals surface area contributed by atoms with Crippen molar-refractivity contribution in [3.05, 3.63) is 70.8 Å². The lowest BCUT2D eigenvalue weighted by molar-refractivity contribution is -0.138. The number of aromatic hydroxyl groups is 3. The van der Waals surface area contributed by atoms with E-state index in [-0.39, 0.29) is 53.0 Å². The Morgan fingerprint density at radius 1 is 0.872 bits per heavy atom. The third kappa shape index (κ3) is 7.22. The fourth-order valence-electron chi connectivity index (χ4n) is 4.55. The van der Waals surface area contributed by atoms with E-state index in [0.29, 0.717) is 0 Å². The van der Waals surface area contributed by atoms with Crippen molar-refractivity contribution >= 4 is 28.9 Å². The van der Waals surface area contributed by atoms with E-state index >= 15 is 0 Å². The van der Waals surface area contributed by atoms with Gasteiger partial charge >= 0.3 is 5.97 Å². The maximum atomic E-state index is 13.8. The van der Waals surface area contributed by atoms with E-state index in [2.05, 4.69) is 32.9 Å². The Morgan fingerprint density at radius 3 is 2.21 bits per heavy atom. The largest absolute Gasteiger partial charge is 0.508 e. The van der Waals surface area contributed by atoms with E-state index in [1.807, 2.05) is 13.0 Å². The number of ether oxygens (including phenoxy) is 1. The molecule has 208 valence electrons. The molecule has 0 aromatic heterocycles. The Morgan fingerprint density at radius 2 is 1.54 bits per heavy atom. The maximum absolute atomic E-state index is 13.8. The third-order valence-corrected chi connectivity index (χ3v) is 6.64. The zero-order valence-corrected chi connectivity index (χ0v) is 23.3. The summed E-state index contributed by atoms with van der Waals surface area (Å²) in [6, 6.07) is 6.99. The number of phenolic OH excluding ortho intramolecular Hbond substituents is 3. The Hall–Kier alpha value is -4.20. The first-order valence-electron chi connectivity index (χ1n) is 13.0. The van der Waals surface area contributed by atoms with Crippen LogP contribution in [0.15, 0.2) is 65.3 Å². The first-order valence-corrected chi connectivity index (χ1v) is 13.0. The van der Waals surface area contributed by atoms with Crippen LogP contribution in [-0.2, 0) is 9.53 Å². The van der Waals surface area contributed by atoms with Gasteiger partial charge in [-0.15, -0.1) is 0 Å². The van der Waals surface area contributed by atoms with E-state index in [1.165, 1.54) is 40.2 Å². The summed E-state index contributed by atoms with van der Waals surface area (Å²) in [7, 11) is 1.23. The van der Waals surface area contributed by atoms with Crippen molar-refractivity contribution in [2.24, 2.45) is 0 Å². The Kier molecular flexibility index (Phi) is 9.82. The maximum Gasteiger partial charge on any atom is 0.325 e.